The summed E-state index contributed by atoms with van der Waals surface area (Å²) in [5.74, 6) is 1.21. The summed E-state index contributed by atoms with van der Waals surface area (Å²) in [6.45, 7) is 0. The summed E-state index contributed by atoms with van der Waals surface area (Å²) >= 11 is 0. The standard InChI is InChI=1S/C18H18N4/c1-22(2)18-16(14-11-7-4-8-12-14)20-15(17(19)21-18)13-9-5-3-6-10-13/h3-12H,1-2H3,(H2,19,21). The summed E-state index contributed by atoms with van der Waals surface area (Å²) < 4.78 is 0. The molecule has 0 aliphatic heterocycles. The van der Waals surface area contributed by atoms with Crippen molar-refractivity contribution in [2.24, 2.45) is 0 Å². The van der Waals surface area contributed by atoms with Crippen molar-refractivity contribution < 1.29 is 0 Å². The quantitative estimate of drug-likeness (QED) is 0.802. The molecule has 2 N–H and O–H groups in total. The zero-order valence-corrected chi connectivity index (χ0v) is 12.7. The summed E-state index contributed by atoms with van der Waals surface area (Å²) in [6, 6.07) is 19.9. The highest BCUT2D eigenvalue weighted by molar-refractivity contribution is 5.79. The second-order valence-electron chi connectivity index (χ2n) is 5.26. The normalized spacial score (nSPS) is 10.5. The summed E-state index contributed by atoms with van der Waals surface area (Å²) in [5.41, 5.74) is 9.67. The van der Waals surface area contributed by atoms with E-state index in [1.807, 2.05) is 79.7 Å². The molecule has 0 atom stereocenters. The van der Waals surface area contributed by atoms with Crippen LogP contribution in [-0.2, 0) is 0 Å². The Labute approximate surface area is 130 Å². The predicted octanol–water partition coefficient (Wildman–Crippen LogP) is 3.46. The van der Waals surface area contributed by atoms with Gasteiger partial charge in [0.2, 0.25) is 0 Å². The van der Waals surface area contributed by atoms with Gasteiger partial charge in [0.25, 0.3) is 0 Å². The first-order valence-electron chi connectivity index (χ1n) is 7.12. The highest BCUT2D eigenvalue weighted by atomic mass is 15.2. The fourth-order valence-electron chi connectivity index (χ4n) is 2.35. The van der Waals surface area contributed by atoms with Crippen LogP contribution < -0.4 is 10.6 Å². The Morgan fingerprint density at radius 1 is 0.727 bits per heavy atom. The Hall–Kier alpha value is -2.88. The molecule has 3 aromatic rings. The Morgan fingerprint density at radius 2 is 1.23 bits per heavy atom. The second-order valence-corrected chi connectivity index (χ2v) is 5.26. The van der Waals surface area contributed by atoms with Crippen LogP contribution in [0, 0.1) is 0 Å². The molecule has 1 aromatic heterocycles. The van der Waals surface area contributed by atoms with Gasteiger partial charge in [-0.05, 0) is 0 Å². The average molecular weight is 290 g/mol. The number of aromatic nitrogens is 2. The molecule has 3 rings (SSSR count). The third-order valence-corrected chi connectivity index (χ3v) is 3.42. The van der Waals surface area contributed by atoms with E-state index < -0.39 is 0 Å². The Morgan fingerprint density at radius 3 is 1.73 bits per heavy atom. The fourth-order valence-corrected chi connectivity index (χ4v) is 2.35. The van der Waals surface area contributed by atoms with Crippen LogP contribution in [0.5, 0.6) is 0 Å². The molecule has 0 unspecified atom stereocenters. The molecule has 0 spiro atoms. The van der Waals surface area contributed by atoms with Crippen LogP contribution >= 0.6 is 0 Å². The minimum atomic E-state index is 0.439. The van der Waals surface area contributed by atoms with Crippen LogP contribution in [-0.4, -0.2) is 24.1 Å². The highest BCUT2D eigenvalue weighted by Gasteiger charge is 2.16. The molecule has 2 aromatic carbocycles. The Bertz CT molecular complexity index is 768. The van der Waals surface area contributed by atoms with Crippen molar-refractivity contribution in [3.8, 4) is 22.5 Å². The smallest absolute Gasteiger partial charge is 0.157 e. The number of nitrogens with zero attached hydrogens (tertiary/aromatic N) is 3. The van der Waals surface area contributed by atoms with Crippen LogP contribution in [0.1, 0.15) is 0 Å². The monoisotopic (exact) mass is 290 g/mol. The minimum Gasteiger partial charge on any atom is -0.382 e. The maximum Gasteiger partial charge on any atom is 0.157 e. The molecule has 0 saturated heterocycles. The van der Waals surface area contributed by atoms with Crippen molar-refractivity contribution in [3.05, 3.63) is 60.7 Å². The summed E-state index contributed by atoms with van der Waals surface area (Å²) in [6.07, 6.45) is 0. The van der Waals surface area contributed by atoms with E-state index in [2.05, 4.69) is 4.98 Å². The van der Waals surface area contributed by atoms with Gasteiger partial charge >= 0.3 is 0 Å². The van der Waals surface area contributed by atoms with Crippen molar-refractivity contribution in [2.75, 3.05) is 24.7 Å². The molecule has 1 heterocycles. The SMILES string of the molecule is CN(C)c1nc(N)c(-c2ccccc2)nc1-c1ccccc1. The lowest BCUT2D eigenvalue weighted by atomic mass is 10.1. The van der Waals surface area contributed by atoms with E-state index >= 15 is 0 Å². The van der Waals surface area contributed by atoms with Crippen molar-refractivity contribution in [3.63, 3.8) is 0 Å². The zero-order chi connectivity index (χ0) is 15.5. The number of hydrogen-bond donors (Lipinski definition) is 1. The number of nitrogens with two attached hydrogens (primary N) is 1. The van der Waals surface area contributed by atoms with Gasteiger partial charge in [0, 0.05) is 25.2 Å². The third kappa shape index (κ3) is 2.63. The molecular weight excluding hydrogens is 272 g/mol. The molecular formula is C18H18N4. The highest BCUT2D eigenvalue weighted by Crippen LogP contribution is 2.32. The van der Waals surface area contributed by atoms with E-state index in [4.69, 9.17) is 10.7 Å². The molecule has 0 radical (unpaired) electrons. The molecule has 0 saturated carbocycles. The maximum absolute atomic E-state index is 6.14. The van der Waals surface area contributed by atoms with E-state index in [9.17, 15) is 0 Å². The van der Waals surface area contributed by atoms with Crippen molar-refractivity contribution >= 4 is 11.6 Å². The van der Waals surface area contributed by atoms with Crippen LogP contribution in [0.25, 0.3) is 22.5 Å². The predicted molar refractivity (Wildman–Crippen MR) is 91.6 cm³/mol. The molecule has 0 aliphatic carbocycles. The number of benzene rings is 2. The van der Waals surface area contributed by atoms with Gasteiger partial charge in [-0.25, -0.2) is 9.97 Å². The number of hydrogen-bond acceptors (Lipinski definition) is 4. The molecule has 0 fully saturated rings. The lowest BCUT2D eigenvalue weighted by Gasteiger charge is -2.18. The van der Waals surface area contributed by atoms with Gasteiger partial charge in [-0.2, -0.15) is 0 Å². The van der Waals surface area contributed by atoms with E-state index in [1.54, 1.807) is 0 Å². The lowest BCUT2D eigenvalue weighted by molar-refractivity contribution is 1.05. The average Bonchev–Trinajstić information content (AvgIpc) is 2.56. The molecule has 0 aliphatic rings. The first-order chi connectivity index (χ1) is 10.7. The van der Waals surface area contributed by atoms with Crippen LogP contribution in [0.3, 0.4) is 0 Å². The fraction of sp³-hybridized carbons (Fsp3) is 0.111. The van der Waals surface area contributed by atoms with E-state index in [-0.39, 0.29) is 0 Å². The van der Waals surface area contributed by atoms with Crippen molar-refractivity contribution in [1.82, 2.24) is 9.97 Å². The number of rotatable bonds is 3. The molecule has 4 heteroatoms. The first-order valence-corrected chi connectivity index (χ1v) is 7.12. The van der Waals surface area contributed by atoms with Gasteiger partial charge in [-0.3, -0.25) is 0 Å². The van der Waals surface area contributed by atoms with Crippen LogP contribution in [0.15, 0.2) is 60.7 Å². The molecule has 110 valence electrons. The van der Waals surface area contributed by atoms with Crippen LogP contribution in [0.4, 0.5) is 11.6 Å². The van der Waals surface area contributed by atoms with Gasteiger partial charge in [0.15, 0.2) is 11.6 Å². The number of nitrogen functional groups attached to an aromatic ring is 1. The van der Waals surface area contributed by atoms with Gasteiger partial charge in [0.05, 0.1) is 0 Å². The van der Waals surface area contributed by atoms with Crippen molar-refractivity contribution in [1.29, 1.82) is 0 Å². The molecule has 0 amide bonds. The minimum absolute atomic E-state index is 0.439. The summed E-state index contributed by atoms with van der Waals surface area (Å²) in [5, 5.41) is 0. The van der Waals surface area contributed by atoms with Crippen molar-refractivity contribution in [2.45, 2.75) is 0 Å². The van der Waals surface area contributed by atoms with Gasteiger partial charge in [0.1, 0.15) is 11.4 Å². The van der Waals surface area contributed by atoms with Gasteiger partial charge in [-0.15, -0.1) is 0 Å². The van der Waals surface area contributed by atoms with Crippen LogP contribution in [0.2, 0.25) is 0 Å². The summed E-state index contributed by atoms with van der Waals surface area (Å²) in [7, 11) is 3.89. The topological polar surface area (TPSA) is 55.0 Å². The molecule has 0 bridgehead atoms. The Balaban J connectivity index is 2.23. The maximum atomic E-state index is 6.14. The molecule has 4 nitrogen and oxygen atoms in total. The lowest BCUT2D eigenvalue weighted by Crippen LogP contribution is -2.15. The third-order valence-electron chi connectivity index (χ3n) is 3.42. The summed E-state index contributed by atoms with van der Waals surface area (Å²) in [4.78, 5) is 11.3. The Kier molecular flexibility index (Phi) is 3.74. The largest absolute Gasteiger partial charge is 0.382 e. The zero-order valence-electron chi connectivity index (χ0n) is 12.7. The van der Waals surface area contributed by atoms with E-state index in [1.165, 1.54) is 0 Å². The molecule has 22 heavy (non-hydrogen) atoms. The first kappa shape index (κ1) is 14.1. The van der Waals surface area contributed by atoms with E-state index in [0.717, 1.165) is 22.6 Å². The van der Waals surface area contributed by atoms with E-state index in [0.29, 0.717) is 11.5 Å². The van der Waals surface area contributed by atoms with Gasteiger partial charge < -0.3 is 10.6 Å². The second kappa shape index (κ2) is 5.85. The number of anilines is 2. The van der Waals surface area contributed by atoms with Gasteiger partial charge in [-0.1, -0.05) is 60.7 Å².